The molecule has 5 nitrogen and oxygen atoms in total. The highest BCUT2D eigenvalue weighted by atomic mass is 16.8. The van der Waals surface area contributed by atoms with Gasteiger partial charge < -0.3 is 24.8 Å². The largest absolute Gasteiger partial charge is 0.388 e. The zero-order valence-electron chi connectivity index (χ0n) is 6.17. The number of hydrogen-bond donors (Lipinski definition) is 3. The van der Waals surface area contributed by atoms with Crippen LogP contribution in [-0.2, 0) is 9.47 Å². The molecule has 1 aliphatic heterocycles. The van der Waals surface area contributed by atoms with Gasteiger partial charge >= 0.3 is 0 Å². The molecule has 0 radical (unpaired) electrons. The predicted octanol–water partition coefficient (Wildman–Crippen LogP) is -1.93. The van der Waals surface area contributed by atoms with Gasteiger partial charge in [-0.3, -0.25) is 0 Å². The molecule has 0 spiro atoms. The monoisotopic (exact) mass is 165 g/mol. The standard InChI is InChI=1S/C6H12O5/c1-10-6-5(9)4(8)3(7)2-11-6/h3-9H,2H2,1H3/t3-,4-,5+,6?/m0/s1/i6+1. The molecular weight excluding hydrogens is 153 g/mol. The van der Waals surface area contributed by atoms with Gasteiger partial charge in [0.15, 0.2) is 6.29 Å². The highest BCUT2D eigenvalue weighted by Crippen LogP contribution is 2.15. The fraction of sp³-hybridized carbons (Fsp3) is 1.00. The van der Waals surface area contributed by atoms with Gasteiger partial charge in [-0.15, -0.1) is 0 Å². The second kappa shape index (κ2) is 3.46. The molecule has 0 bridgehead atoms. The van der Waals surface area contributed by atoms with Crippen LogP contribution in [0.15, 0.2) is 0 Å². The molecule has 66 valence electrons. The topological polar surface area (TPSA) is 79.2 Å². The van der Waals surface area contributed by atoms with Crippen molar-refractivity contribution in [1.29, 1.82) is 0 Å². The molecule has 3 N–H and O–H groups in total. The van der Waals surface area contributed by atoms with Gasteiger partial charge in [0.25, 0.3) is 0 Å². The van der Waals surface area contributed by atoms with E-state index in [0.717, 1.165) is 0 Å². The van der Waals surface area contributed by atoms with E-state index in [1.807, 2.05) is 0 Å². The van der Waals surface area contributed by atoms with Gasteiger partial charge in [0.2, 0.25) is 0 Å². The quantitative estimate of drug-likeness (QED) is 0.394. The van der Waals surface area contributed by atoms with E-state index in [2.05, 4.69) is 4.74 Å². The van der Waals surface area contributed by atoms with Gasteiger partial charge in [-0.05, 0) is 0 Å². The molecule has 1 fully saturated rings. The van der Waals surface area contributed by atoms with Crippen molar-refractivity contribution in [1.82, 2.24) is 0 Å². The third-order valence-electron chi connectivity index (χ3n) is 1.69. The zero-order chi connectivity index (χ0) is 8.43. The van der Waals surface area contributed by atoms with Crippen molar-refractivity contribution in [2.75, 3.05) is 13.7 Å². The number of rotatable bonds is 1. The average molecular weight is 165 g/mol. The highest BCUT2D eigenvalue weighted by Gasteiger charge is 2.37. The van der Waals surface area contributed by atoms with Crippen molar-refractivity contribution in [3.8, 4) is 0 Å². The third-order valence-corrected chi connectivity index (χ3v) is 1.69. The van der Waals surface area contributed by atoms with E-state index in [-0.39, 0.29) is 6.61 Å². The predicted molar refractivity (Wildman–Crippen MR) is 34.8 cm³/mol. The minimum absolute atomic E-state index is 0.0171. The Kier molecular flexibility index (Phi) is 2.80. The summed E-state index contributed by atoms with van der Waals surface area (Å²) in [5.41, 5.74) is 0. The number of hydrogen-bond acceptors (Lipinski definition) is 5. The Morgan fingerprint density at radius 2 is 1.91 bits per heavy atom. The highest BCUT2D eigenvalue weighted by molar-refractivity contribution is 4.81. The molecule has 0 amide bonds. The van der Waals surface area contributed by atoms with Gasteiger partial charge in [-0.1, -0.05) is 0 Å². The van der Waals surface area contributed by atoms with Crippen LogP contribution in [0.4, 0.5) is 0 Å². The molecule has 1 heterocycles. The van der Waals surface area contributed by atoms with Crippen molar-refractivity contribution < 1.29 is 24.8 Å². The summed E-state index contributed by atoms with van der Waals surface area (Å²) in [4.78, 5) is 0. The van der Waals surface area contributed by atoms with Crippen LogP contribution < -0.4 is 0 Å². The smallest absolute Gasteiger partial charge is 0.185 e. The van der Waals surface area contributed by atoms with Crippen LogP contribution in [0.3, 0.4) is 0 Å². The number of aliphatic hydroxyl groups is 3. The Morgan fingerprint density at radius 3 is 2.45 bits per heavy atom. The maximum Gasteiger partial charge on any atom is 0.185 e. The van der Waals surface area contributed by atoms with Crippen molar-refractivity contribution in [2.45, 2.75) is 24.6 Å². The van der Waals surface area contributed by atoms with Crippen LogP contribution in [0, 0.1) is 0 Å². The van der Waals surface area contributed by atoms with Crippen LogP contribution in [-0.4, -0.2) is 53.6 Å². The molecule has 0 aromatic heterocycles. The number of methoxy groups -OCH3 is 1. The van der Waals surface area contributed by atoms with Crippen LogP contribution in [0.2, 0.25) is 0 Å². The van der Waals surface area contributed by atoms with Crippen molar-refractivity contribution in [3.05, 3.63) is 0 Å². The maximum absolute atomic E-state index is 9.15. The van der Waals surface area contributed by atoms with E-state index in [1.54, 1.807) is 0 Å². The molecule has 4 atom stereocenters. The number of ether oxygens (including phenoxy) is 2. The van der Waals surface area contributed by atoms with E-state index < -0.39 is 24.6 Å². The van der Waals surface area contributed by atoms with Crippen molar-refractivity contribution in [2.24, 2.45) is 0 Å². The van der Waals surface area contributed by atoms with E-state index in [4.69, 9.17) is 20.1 Å². The van der Waals surface area contributed by atoms with Crippen LogP contribution in [0.1, 0.15) is 0 Å². The van der Waals surface area contributed by atoms with Crippen LogP contribution in [0.5, 0.6) is 0 Å². The van der Waals surface area contributed by atoms with Gasteiger partial charge in [-0.25, -0.2) is 0 Å². The second-order valence-corrected chi connectivity index (χ2v) is 2.49. The van der Waals surface area contributed by atoms with E-state index in [9.17, 15) is 0 Å². The summed E-state index contributed by atoms with van der Waals surface area (Å²) in [6.07, 6.45) is -4.23. The van der Waals surface area contributed by atoms with Crippen LogP contribution in [0.25, 0.3) is 0 Å². The summed E-state index contributed by atoms with van der Waals surface area (Å²) in [5, 5.41) is 27.2. The fourth-order valence-corrected chi connectivity index (χ4v) is 0.987. The molecule has 1 rings (SSSR count). The molecule has 11 heavy (non-hydrogen) atoms. The van der Waals surface area contributed by atoms with Crippen molar-refractivity contribution in [3.63, 3.8) is 0 Å². The van der Waals surface area contributed by atoms with E-state index in [0.29, 0.717) is 0 Å². The van der Waals surface area contributed by atoms with Gasteiger partial charge in [-0.2, -0.15) is 0 Å². The first-order chi connectivity index (χ1) is 5.16. The SMILES string of the molecule is CO[13CH]1OC[C@H](O)[C@H](O)[C@H]1O. The Bertz CT molecular complexity index is 126. The van der Waals surface area contributed by atoms with Gasteiger partial charge in [0, 0.05) is 7.11 Å². The normalized spacial score (nSPS) is 45.8. The Hall–Kier alpha value is -0.200. The molecule has 5 heteroatoms. The lowest BCUT2D eigenvalue weighted by molar-refractivity contribution is -0.261. The summed E-state index contributed by atoms with van der Waals surface area (Å²) in [5.74, 6) is 0. The lowest BCUT2D eigenvalue weighted by Gasteiger charge is -2.33. The van der Waals surface area contributed by atoms with Gasteiger partial charge in [0.05, 0.1) is 6.61 Å². The van der Waals surface area contributed by atoms with Crippen LogP contribution >= 0.6 is 0 Å². The van der Waals surface area contributed by atoms with E-state index in [1.165, 1.54) is 7.11 Å². The summed E-state index contributed by atoms with van der Waals surface area (Å²) >= 11 is 0. The molecule has 1 unspecified atom stereocenters. The molecule has 0 aliphatic carbocycles. The molecule has 0 aromatic carbocycles. The Labute approximate surface area is 64.2 Å². The van der Waals surface area contributed by atoms with Gasteiger partial charge in [0.1, 0.15) is 18.3 Å². The minimum atomic E-state index is -1.19. The molecule has 0 aromatic rings. The Balaban J connectivity index is 2.52. The van der Waals surface area contributed by atoms with Crippen molar-refractivity contribution >= 4 is 0 Å². The summed E-state index contributed by atoms with van der Waals surface area (Å²) in [6, 6.07) is 0. The minimum Gasteiger partial charge on any atom is -0.388 e. The summed E-state index contributed by atoms with van der Waals surface area (Å²) < 4.78 is 9.52. The first-order valence-corrected chi connectivity index (χ1v) is 3.35. The molecule has 0 saturated carbocycles. The summed E-state index contributed by atoms with van der Waals surface area (Å²) in [7, 11) is 1.36. The molecule has 1 saturated heterocycles. The first-order valence-electron chi connectivity index (χ1n) is 3.35. The third kappa shape index (κ3) is 1.69. The average Bonchev–Trinajstić information content (AvgIpc) is 2.01. The fourth-order valence-electron chi connectivity index (χ4n) is 0.987. The Morgan fingerprint density at radius 1 is 1.27 bits per heavy atom. The first kappa shape index (κ1) is 8.89. The lowest BCUT2D eigenvalue weighted by atomic mass is 10.1. The summed E-state index contributed by atoms with van der Waals surface area (Å²) in [6.45, 7) is -0.0171. The lowest BCUT2D eigenvalue weighted by Crippen LogP contribution is -2.53. The maximum atomic E-state index is 9.15. The zero-order valence-corrected chi connectivity index (χ0v) is 6.17. The molecule has 1 aliphatic rings. The second-order valence-electron chi connectivity index (χ2n) is 2.49. The molecular formula is C6H12O5. The number of aliphatic hydroxyl groups excluding tert-OH is 3. The van der Waals surface area contributed by atoms with E-state index >= 15 is 0 Å².